The monoisotopic (exact) mass is 691 g/mol. The highest BCUT2D eigenvalue weighted by Gasteiger charge is 2.50. The second kappa shape index (κ2) is 11.4. The minimum Gasteiger partial charge on any atom is -0.457 e. The fourth-order valence-electron chi connectivity index (χ4n) is 9.70. The maximum absolute atomic E-state index is 6.80. The predicted octanol–water partition coefficient (Wildman–Crippen LogP) is 13.6. The quantitative estimate of drug-likeness (QED) is 0.182. The Kier molecular flexibility index (Phi) is 6.55. The number of para-hydroxylation sites is 2. The molecular weight excluding hydrogens is 655 g/mol. The molecule has 8 aromatic carbocycles. The van der Waals surface area contributed by atoms with E-state index in [1.165, 1.54) is 55.6 Å². The number of anilines is 3. The van der Waals surface area contributed by atoms with Crippen LogP contribution in [0.15, 0.2) is 188 Å². The van der Waals surface area contributed by atoms with Gasteiger partial charge in [-0.15, -0.1) is 0 Å². The lowest BCUT2D eigenvalue weighted by atomic mass is 9.66. The largest absolute Gasteiger partial charge is 0.457 e. The van der Waals surface area contributed by atoms with E-state index < -0.39 is 5.41 Å². The van der Waals surface area contributed by atoms with Crippen molar-refractivity contribution in [3.8, 4) is 44.9 Å². The molecule has 2 aliphatic carbocycles. The summed E-state index contributed by atoms with van der Waals surface area (Å²) in [4.78, 5) is 2.37. The fourth-order valence-corrected chi connectivity index (χ4v) is 9.70. The molecule has 0 atom stereocenters. The Labute approximate surface area is 316 Å². The third kappa shape index (κ3) is 4.22. The third-order valence-electron chi connectivity index (χ3n) is 12.1. The molecule has 0 N–H and O–H groups in total. The first-order chi connectivity index (χ1) is 26.5. The van der Waals surface area contributed by atoms with E-state index in [0.717, 1.165) is 39.7 Å². The molecule has 1 heterocycles. The number of ether oxygens (including phenoxy) is 1. The average Bonchev–Trinajstić information content (AvgIpc) is 3.64. The van der Waals surface area contributed by atoms with Gasteiger partial charge in [-0.25, -0.2) is 0 Å². The van der Waals surface area contributed by atoms with Crippen LogP contribution >= 0.6 is 0 Å². The highest BCUT2D eigenvalue weighted by Crippen LogP contribution is 2.62. The lowest BCUT2D eigenvalue weighted by Gasteiger charge is -2.39. The summed E-state index contributed by atoms with van der Waals surface area (Å²) in [6.45, 7) is 4.69. The van der Waals surface area contributed by atoms with E-state index in [1.807, 2.05) is 0 Å². The molecule has 0 radical (unpaired) electrons. The Hall–Kier alpha value is -6.64. The minimum absolute atomic E-state index is 0.0789. The number of fused-ring (bicyclic) bond motifs is 12. The second-order valence-electron chi connectivity index (χ2n) is 15.3. The first-order valence-electron chi connectivity index (χ1n) is 18.8. The Bertz CT molecular complexity index is 2730. The van der Waals surface area contributed by atoms with Crippen molar-refractivity contribution in [3.63, 3.8) is 0 Å². The van der Waals surface area contributed by atoms with Gasteiger partial charge in [0.25, 0.3) is 0 Å². The molecule has 0 fully saturated rings. The molecule has 11 rings (SSSR count). The van der Waals surface area contributed by atoms with Crippen molar-refractivity contribution in [2.75, 3.05) is 4.90 Å². The maximum Gasteiger partial charge on any atom is 0.132 e. The summed E-state index contributed by atoms with van der Waals surface area (Å²) in [7, 11) is 0. The number of hydrogen-bond donors (Lipinski definition) is 0. The molecule has 3 aliphatic rings. The van der Waals surface area contributed by atoms with Crippen molar-refractivity contribution in [3.05, 3.63) is 221 Å². The molecule has 2 nitrogen and oxygen atoms in total. The van der Waals surface area contributed by atoms with Gasteiger partial charge in [-0.3, -0.25) is 0 Å². The van der Waals surface area contributed by atoms with Crippen molar-refractivity contribution < 1.29 is 4.74 Å². The third-order valence-corrected chi connectivity index (χ3v) is 12.1. The molecule has 0 bridgehead atoms. The highest BCUT2D eigenvalue weighted by atomic mass is 16.5. The predicted molar refractivity (Wildman–Crippen MR) is 222 cm³/mol. The van der Waals surface area contributed by atoms with Gasteiger partial charge in [0.05, 0.1) is 5.41 Å². The smallest absolute Gasteiger partial charge is 0.132 e. The second-order valence-corrected chi connectivity index (χ2v) is 15.3. The zero-order valence-electron chi connectivity index (χ0n) is 30.3. The molecule has 1 spiro atoms. The lowest BCUT2D eigenvalue weighted by molar-refractivity contribution is 0.436. The first-order valence-corrected chi connectivity index (χ1v) is 18.8. The zero-order valence-corrected chi connectivity index (χ0v) is 30.3. The summed E-state index contributed by atoms with van der Waals surface area (Å²) >= 11 is 0. The fraction of sp³-hybridized carbons (Fsp3) is 0.0769. The topological polar surface area (TPSA) is 12.5 Å². The van der Waals surface area contributed by atoms with Crippen molar-refractivity contribution in [2.45, 2.75) is 24.7 Å². The van der Waals surface area contributed by atoms with Gasteiger partial charge < -0.3 is 9.64 Å². The van der Waals surface area contributed by atoms with E-state index in [9.17, 15) is 0 Å². The van der Waals surface area contributed by atoms with Crippen molar-refractivity contribution >= 4 is 17.1 Å². The summed E-state index contributed by atoms with van der Waals surface area (Å²) in [6.07, 6.45) is 0. The molecule has 54 heavy (non-hydrogen) atoms. The molecule has 256 valence electrons. The minimum atomic E-state index is -0.457. The molecule has 2 heteroatoms. The highest BCUT2D eigenvalue weighted by molar-refractivity contribution is 5.90. The summed E-state index contributed by atoms with van der Waals surface area (Å²) in [6, 6.07) is 68.6. The van der Waals surface area contributed by atoms with Gasteiger partial charge in [-0.2, -0.15) is 0 Å². The van der Waals surface area contributed by atoms with Crippen molar-refractivity contribution in [1.29, 1.82) is 0 Å². The van der Waals surface area contributed by atoms with Crippen LogP contribution in [0.1, 0.15) is 47.2 Å². The summed E-state index contributed by atoms with van der Waals surface area (Å²) in [5.41, 5.74) is 18.1. The normalized spacial score (nSPS) is 14.6. The van der Waals surface area contributed by atoms with E-state index in [2.05, 4.69) is 207 Å². The molecular formula is C52H37NO. The lowest BCUT2D eigenvalue weighted by Crippen LogP contribution is -2.32. The van der Waals surface area contributed by atoms with Crippen LogP contribution in [0.5, 0.6) is 11.5 Å². The van der Waals surface area contributed by atoms with E-state index in [-0.39, 0.29) is 5.41 Å². The zero-order chi connectivity index (χ0) is 36.0. The van der Waals surface area contributed by atoms with Crippen LogP contribution in [0.3, 0.4) is 0 Å². The van der Waals surface area contributed by atoms with Gasteiger partial charge in [0.15, 0.2) is 0 Å². The Morgan fingerprint density at radius 1 is 0.352 bits per heavy atom. The molecule has 0 amide bonds. The number of rotatable bonds is 4. The van der Waals surface area contributed by atoms with Gasteiger partial charge in [-0.1, -0.05) is 153 Å². The average molecular weight is 692 g/mol. The summed E-state index contributed by atoms with van der Waals surface area (Å²) in [5, 5.41) is 0. The van der Waals surface area contributed by atoms with Gasteiger partial charge in [0.1, 0.15) is 11.5 Å². The molecule has 0 saturated carbocycles. The van der Waals surface area contributed by atoms with Gasteiger partial charge in [0, 0.05) is 33.6 Å². The van der Waals surface area contributed by atoms with E-state index >= 15 is 0 Å². The van der Waals surface area contributed by atoms with E-state index in [0.29, 0.717) is 0 Å². The van der Waals surface area contributed by atoms with Crippen molar-refractivity contribution in [2.24, 2.45) is 0 Å². The Morgan fingerprint density at radius 2 is 0.852 bits per heavy atom. The summed E-state index contributed by atoms with van der Waals surface area (Å²) < 4.78 is 6.80. The maximum atomic E-state index is 6.80. The van der Waals surface area contributed by atoms with Crippen LogP contribution in [0, 0.1) is 0 Å². The van der Waals surface area contributed by atoms with Crippen LogP contribution < -0.4 is 9.64 Å². The first kappa shape index (κ1) is 30.9. The molecule has 0 aromatic heterocycles. The van der Waals surface area contributed by atoms with Crippen LogP contribution in [-0.4, -0.2) is 0 Å². The van der Waals surface area contributed by atoms with Crippen molar-refractivity contribution in [1.82, 2.24) is 0 Å². The SMILES string of the molecule is CC1(C)c2ccccc2-c2ccc(N(c3ccccc3)c3ccc(-c4ccc5c(c4)Oc4ccccc4C54c5ccccc5-c5ccccc54)cc3)cc21. The van der Waals surface area contributed by atoms with Crippen LogP contribution in [-0.2, 0) is 10.8 Å². The van der Waals surface area contributed by atoms with Gasteiger partial charge >= 0.3 is 0 Å². The molecule has 0 saturated heterocycles. The van der Waals surface area contributed by atoms with E-state index in [4.69, 9.17) is 4.74 Å². The molecule has 0 unspecified atom stereocenters. The van der Waals surface area contributed by atoms with Crippen LogP contribution in [0.2, 0.25) is 0 Å². The van der Waals surface area contributed by atoms with E-state index in [1.54, 1.807) is 0 Å². The Morgan fingerprint density at radius 3 is 1.56 bits per heavy atom. The standard InChI is InChI=1S/C52H37NO/c1-51(2)43-19-9-6-16-39(43)42-30-29-38(33-48(42)51)53(36-14-4-3-5-15-36)37-27-24-34(25-28-37)35-26-31-47-50(32-35)54-49-23-13-12-22-46(49)52(47)44-20-10-7-17-40(44)41-18-8-11-21-45(41)52/h3-33H,1-2H3. The summed E-state index contributed by atoms with van der Waals surface area (Å²) in [5.74, 6) is 1.80. The Balaban J connectivity index is 1.01. The molecule has 1 aliphatic heterocycles. The molecule has 8 aromatic rings. The van der Waals surface area contributed by atoms with Gasteiger partial charge in [-0.05, 0) is 104 Å². The number of hydrogen-bond acceptors (Lipinski definition) is 2. The van der Waals surface area contributed by atoms with Gasteiger partial charge in [0.2, 0.25) is 0 Å². The van der Waals surface area contributed by atoms with Crippen LogP contribution in [0.25, 0.3) is 33.4 Å². The van der Waals surface area contributed by atoms with Crippen LogP contribution in [0.4, 0.5) is 17.1 Å². The number of nitrogens with zero attached hydrogens (tertiary/aromatic N) is 1. The number of benzene rings is 8.